The number of hydrogen-bond acceptors (Lipinski definition) is 1. The number of allylic oxidation sites excluding steroid dienone is 1. The molecule has 0 unspecified atom stereocenters. The van der Waals surface area contributed by atoms with Crippen molar-refractivity contribution in [2.45, 2.75) is 52.4 Å². The summed E-state index contributed by atoms with van der Waals surface area (Å²) >= 11 is 0. The van der Waals surface area contributed by atoms with Gasteiger partial charge in [0.2, 0.25) is 0 Å². The first-order chi connectivity index (χ1) is 5.81. The minimum Gasteiger partial charge on any atom is -0.389 e. The van der Waals surface area contributed by atoms with Crippen LogP contribution in [0.25, 0.3) is 0 Å². The monoisotopic (exact) mass is 169 g/mol. The van der Waals surface area contributed by atoms with Crippen LogP contribution in [0.2, 0.25) is 0 Å². The van der Waals surface area contributed by atoms with Gasteiger partial charge in [-0.1, -0.05) is 39.7 Å². The molecule has 0 aliphatic heterocycles. The van der Waals surface area contributed by atoms with E-state index in [0.29, 0.717) is 0 Å². The standard InChI is InChI=1S/C11H23N/c1-4-6-8-9-11(3)12-10-7-5-2/h12H,3-10H2,1-2H3. The third kappa shape index (κ3) is 7.64. The topological polar surface area (TPSA) is 12.0 Å². The fourth-order valence-corrected chi connectivity index (χ4v) is 1.12. The molecule has 0 atom stereocenters. The Kier molecular flexibility index (Phi) is 8.30. The van der Waals surface area contributed by atoms with Gasteiger partial charge in [-0.2, -0.15) is 0 Å². The molecule has 12 heavy (non-hydrogen) atoms. The Balaban J connectivity index is 3.10. The van der Waals surface area contributed by atoms with Crippen molar-refractivity contribution in [1.29, 1.82) is 0 Å². The van der Waals surface area contributed by atoms with Crippen molar-refractivity contribution in [2.75, 3.05) is 6.54 Å². The van der Waals surface area contributed by atoms with E-state index in [2.05, 4.69) is 25.7 Å². The summed E-state index contributed by atoms with van der Waals surface area (Å²) in [4.78, 5) is 0. The molecule has 0 aromatic carbocycles. The predicted molar refractivity (Wildman–Crippen MR) is 56.2 cm³/mol. The van der Waals surface area contributed by atoms with Gasteiger partial charge in [0, 0.05) is 12.2 Å². The molecule has 1 N–H and O–H groups in total. The molecular formula is C11H23N. The van der Waals surface area contributed by atoms with Crippen molar-refractivity contribution >= 4 is 0 Å². The first kappa shape index (κ1) is 11.5. The smallest absolute Gasteiger partial charge is 0.0143 e. The van der Waals surface area contributed by atoms with Crippen molar-refractivity contribution in [1.82, 2.24) is 5.32 Å². The fraction of sp³-hybridized carbons (Fsp3) is 0.818. The van der Waals surface area contributed by atoms with Gasteiger partial charge in [0.25, 0.3) is 0 Å². The van der Waals surface area contributed by atoms with Crippen molar-refractivity contribution < 1.29 is 0 Å². The molecule has 0 aromatic rings. The molecule has 0 aliphatic rings. The van der Waals surface area contributed by atoms with Gasteiger partial charge < -0.3 is 5.32 Å². The van der Waals surface area contributed by atoms with Crippen LogP contribution in [0.15, 0.2) is 12.3 Å². The lowest BCUT2D eigenvalue weighted by molar-refractivity contribution is 0.647. The molecule has 0 saturated heterocycles. The zero-order valence-corrected chi connectivity index (χ0v) is 8.66. The first-order valence-electron chi connectivity index (χ1n) is 5.22. The first-order valence-corrected chi connectivity index (χ1v) is 5.22. The largest absolute Gasteiger partial charge is 0.389 e. The Morgan fingerprint density at radius 1 is 1.08 bits per heavy atom. The normalized spacial score (nSPS) is 9.83. The highest BCUT2D eigenvalue weighted by Gasteiger charge is 1.92. The Bertz CT molecular complexity index is 95.6. The van der Waals surface area contributed by atoms with Crippen LogP contribution < -0.4 is 5.32 Å². The van der Waals surface area contributed by atoms with E-state index in [1.165, 1.54) is 37.8 Å². The quantitative estimate of drug-likeness (QED) is 0.549. The molecule has 0 rings (SSSR count). The van der Waals surface area contributed by atoms with Gasteiger partial charge in [0.05, 0.1) is 0 Å². The number of hydrogen-bond donors (Lipinski definition) is 1. The number of nitrogens with one attached hydrogen (secondary N) is 1. The van der Waals surface area contributed by atoms with E-state index in [0.717, 1.165) is 13.0 Å². The second kappa shape index (κ2) is 8.63. The van der Waals surface area contributed by atoms with Crippen LogP contribution >= 0.6 is 0 Å². The van der Waals surface area contributed by atoms with Gasteiger partial charge in [0.15, 0.2) is 0 Å². The molecule has 0 bridgehead atoms. The van der Waals surface area contributed by atoms with E-state index < -0.39 is 0 Å². The summed E-state index contributed by atoms with van der Waals surface area (Å²) in [5, 5.41) is 3.35. The lowest BCUT2D eigenvalue weighted by Gasteiger charge is -2.07. The maximum absolute atomic E-state index is 3.99. The summed E-state index contributed by atoms with van der Waals surface area (Å²) in [6.45, 7) is 9.53. The molecule has 0 aromatic heterocycles. The molecule has 0 radical (unpaired) electrons. The molecule has 0 fully saturated rings. The van der Waals surface area contributed by atoms with Crippen molar-refractivity contribution in [3.63, 3.8) is 0 Å². The van der Waals surface area contributed by atoms with Gasteiger partial charge >= 0.3 is 0 Å². The SMILES string of the molecule is C=C(CCCCC)NCCCC. The van der Waals surface area contributed by atoms with Gasteiger partial charge in [-0.15, -0.1) is 0 Å². The molecule has 72 valence electrons. The van der Waals surface area contributed by atoms with Crippen LogP contribution in [0, 0.1) is 0 Å². The van der Waals surface area contributed by atoms with Crippen LogP contribution in [0.3, 0.4) is 0 Å². The molecule has 1 heteroatoms. The maximum atomic E-state index is 3.99. The maximum Gasteiger partial charge on any atom is 0.0143 e. The minimum atomic E-state index is 1.10. The third-order valence-corrected chi connectivity index (χ3v) is 1.99. The summed E-state index contributed by atoms with van der Waals surface area (Å²) in [5.41, 5.74) is 1.22. The van der Waals surface area contributed by atoms with Crippen LogP contribution in [-0.4, -0.2) is 6.54 Å². The Hall–Kier alpha value is -0.460. The van der Waals surface area contributed by atoms with E-state index in [1.807, 2.05) is 0 Å². The average molecular weight is 169 g/mol. The molecule has 0 aliphatic carbocycles. The van der Waals surface area contributed by atoms with Gasteiger partial charge in [-0.3, -0.25) is 0 Å². The molecule has 0 saturated carbocycles. The van der Waals surface area contributed by atoms with Gasteiger partial charge in [-0.05, 0) is 19.3 Å². The lowest BCUT2D eigenvalue weighted by Crippen LogP contribution is -2.13. The molecule has 1 nitrogen and oxygen atoms in total. The van der Waals surface area contributed by atoms with Crippen LogP contribution in [-0.2, 0) is 0 Å². The number of rotatable bonds is 8. The number of unbranched alkanes of at least 4 members (excludes halogenated alkanes) is 3. The summed E-state index contributed by atoms with van der Waals surface area (Å²) in [7, 11) is 0. The molecule has 0 heterocycles. The van der Waals surface area contributed by atoms with E-state index >= 15 is 0 Å². The average Bonchev–Trinajstić information content (AvgIpc) is 2.06. The Labute approximate surface area is 77.2 Å². The predicted octanol–water partition coefficient (Wildman–Crippen LogP) is 3.47. The molecule has 0 amide bonds. The van der Waals surface area contributed by atoms with Crippen LogP contribution in [0.1, 0.15) is 52.4 Å². The van der Waals surface area contributed by atoms with Gasteiger partial charge in [0.1, 0.15) is 0 Å². The Morgan fingerprint density at radius 2 is 1.75 bits per heavy atom. The van der Waals surface area contributed by atoms with Crippen molar-refractivity contribution in [3.05, 3.63) is 12.3 Å². The van der Waals surface area contributed by atoms with Crippen molar-refractivity contribution in [3.8, 4) is 0 Å². The highest BCUT2D eigenvalue weighted by molar-refractivity contribution is 4.90. The van der Waals surface area contributed by atoms with E-state index in [9.17, 15) is 0 Å². The van der Waals surface area contributed by atoms with Crippen LogP contribution in [0.5, 0.6) is 0 Å². The molecule has 0 spiro atoms. The summed E-state index contributed by atoms with van der Waals surface area (Å²) in [6.07, 6.45) is 7.57. The van der Waals surface area contributed by atoms with E-state index in [-0.39, 0.29) is 0 Å². The highest BCUT2D eigenvalue weighted by atomic mass is 14.9. The minimum absolute atomic E-state index is 1.10. The zero-order valence-electron chi connectivity index (χ0n) is 8.66. The van der Waals surface area contributed by atoms with Crippen LogP contribution in [0.4, 0.5) is 0 Å². The zero-order chi connectivity index (χ0) is 9.23. The second-order valence-electron chi connectivity index (χ2n) is 3.34. The third-order valence-electron chi connectivity index (χ3n) is 1.99. The molecular weight excluding hydrogens is 146 g/mol. The summed E-state index contributed by atoms with van der Waals surface area (Å²) in [6, 6.07) is 0. The summed E-state index contributed by atoms with van der Waals surface area (Å²) in [5.74, 6) is 0. The summed E-state index contributed by atoms with van der Waals surface area (Å²) < 4.78 is 0. The fourth-order valence-electron chi connectivity index (χ4n) is 1.12. The van der Waals surface area contributed by atoms with Gasteiger partial charge in [-0.25, -0.2) is 0 Å². The van der Waals surface area contributed by atoms with E-state index in [1.54, 1.807) is 0 Å². The Morgan fingerprint density at radius 3 is 2.33 bits per heavy atom. The van der Waals surface area contributed by atoms with Crippen molar-refractivity contribution in [2.24, 2.45) is 0 Å². The van der Waals surface area contributed by atoms with E-state index in [4.69, 9.17) is 0 Å². The second-order valence-corrected chi connectivity index (χ2v) is 3.34. The lowest BCUT2D eigenvalue weighted by atomic mass is 10.2. The highest BCUT2D eigenvalue weighted by Crippen LogP contribution is 2.04.